The molecule has 0 radical (unpaired) electrons. The van der Waals surface area contributed by atoms with E-state index in [1.165, 1.54) is 5.01 Å². The van der Waals surface area contributed by atoms with Crippen LogP contribution in [-0.2, 0) is 9.53 Å². The Balaban J connectivity index is 1.86. The lowest BCUT2D eigenvalue weighted by Crippen LogP contribution is -2.65. The van der Waals surface area contributed by atoms with Crippen LogP contribution in [0.2, 0.25) is 0 Å². The Morgan fingerprint density at radius 3 is 2.00 bits per heavy atom. The van der Waals surface area contributed by atoms with E-state index in [2.05, 4.69) is 5.10 Å². The maximum Gasteiger partial charge on any atom is 0.277 e. The minimum absolute atomic E-state index is 0.175. The molecule has 0 saturated carbocycles. The summed E-state index contributed by atoms with van der Waals surface area (Å²) < 4.78 is 15.9. The van der Waals surface area contributed by atoms with Crippen LogP contribution in [0.5, 0.6) is 11.5 Å². The van der Waals surface area contributed by atoms with Crippen molar-refractivity contribution in [2.45, 2.75) is 18.6 Å². The normalized spacial score (nSPS) is 22.4. The molecule has 6 nitrogen and oxygen atoms in total. The number of benzene rings is 2. The van der Waals surface area contributed by atoms with Gasteiger partial charge in [0.15, 0.2) is 5.60 Å². The molecule has 0 bridgehead atoms. The molecule has 1 amide bonds. The molecule has 3 rings (SSSR count). The molecule has 1 fully saturated rings. The van der Waals surface area contributed by atoms with Crippen molar-refractivity contribution in [3.05, 3.63) is 59.7 Å². The number of carbonyl (C=O) groups excluding carboxylic acids is 1. The Labute approximate surface area is 153 Å². The molecule has 0 spiro atoms. The Kier molecular flexibility index (Phi) is 4.95. The summed E-state index contributed by atoms with van der Waals surface area (Å²) in [5.41, 5.74) is 0.867. The van der Waals surface area contributed by atoms with E-state index in [0.29, 0.717) is 0 Å². The average molecular weight is 354 g/mol. The van der Waals surface area contributed by atoms with Crippen LogP contribution in [0, 0.1) is 0 Å². The Hall–Kier alpha value is -2.86. The molecule has 0 N–H and O–H groups in total. The van der Waals surface area contributed by atoms with Gasteiger partial charge in [0, 0.05) is 7.11 Å². The molecule has 6 heteroatoms. The van der Waals surface area contributed by atoms with Crippen molar-refractivity contribution in [2.75, 3.05) is 21.3 Å². The molecule has 2 aromatic rings. The maximum absolute atomic E-state index is 12.6. The van der Waals surface area contributed by atoms with Gasteiger partial charge in [0.05, 0.1) is 20.4 Å². The van der Waals surface area contributed by atoms with Crippen molar-refractivity contribution in [3.8, 4) is 11.5 Å². The summed E-state index contributed by atoms with van der Waals surface area (Å²) >= 11 is 0. The quantitative estimate of drug-likeness (QED) is 0.591. The second-order valence-electron chi connectivity index (χ2n) is 6.15. The molecule has 1 aliphatic rings. The number of carbonyl (C=O) groups is 1. The highest BCUT2D eigenvalue weighted by molar-refractivity contribution is 5.94. The van der Waals surface area contributed by atoms with Gasteiger partial charge in [-0.25, -0.2) is 5.01 Å². The van der Waals surface area contributed by atoms with Gasteiger partial charge in [-0.05, 0) is 54.4 Å². The zero-order valence-corrected chi connectivity index (χ0v) is 15.3. The third-order valence-electron chi connectivity index (χ3n) is 4.70. The second-order valence-corrected chi connectivity index (χ2v) is 6.15. The highest BCUT2D eigenvalue weighted by Gasteiger charge is 2.59. The lowest BCUT2D eigenvalue weighted by molar-refractivity contribution is -0.195. The van der Waals surface area contributed by atoms with Gasteiger partial charge in [0.25, 0.3) is 5.91 Å². The topological polar surface area (TPSA) is 60.4 Å². The fourth-order valence-corrected chi connectivity index (χ4v) is 3.01. The van der Waals surface area contributed by atoms with E-state index < -0.39 is 5.60 Å². The van der Waals surface area contributed by atoms with Gasteiger partial charge in [0.1, 0.15) is 17.5 Å². The van der Waals surface area contributed by atoms with Crippen molar-refractivity contribution >= 4 is 12.1 Å². The minimum Gasteiger partial charge on any atom is -0.497 e. The Morgan fingerprint density at radius 2 is 1.50 bits per heavy atom. The summed E-state index contributed by atoms with van der Waals surface area (Å²) in [6.45, 7) is 1.78. The molecule has 2 aromatic carbocycles. The maximum atomic E-state index is 12.6. The summed E-state index contributed by atoms with van der Waals surface area (Å²) in [5, 5.41) is 5.84. The first-order valence-electron chi connectivity index (χ1n) is 8.24. The summed E-state index contributed by atoms with van der Waals surface area (Å²) in [6.07, 6.45) is 1.66. The van der Waals surface area contributed by atoms with Crippen LogP contribution in [0.4, 0.5) is 0 Å². The molecule has 1 heterocycles. The molecular formula is C20H22N2O4. The molecule has 136 valence electrons. The van der Waals surface area contributed by atoms with Crippen molar-refractivity contribution in [1.82, 2.24) is 5.01 Å². The van der Waals surface area contributed by atoms with Crippen LogP contribution in [0.1, 0.15) is 24.1 Å². The summed E-state index contributed by atoms with van der Waals surface area (Å²) in [6, 6.07) is 14.7. The lowest BCUT2D eigenvalue weighted by atomic mass is 9.81. The highest BCUT2D eigenvalue weighted by Crippen LogP contribution is 2.45. The number of hydrazone groups is 1. The van der Waals surface area contributed by atoms with E-state index in [1.807, 2.05) is 48.5 Å². The standard InChI is InChI=1S/C20H22N2O4/c1-20(26-4)18(15-7-11-17(25-3)12-8-15)22(19(20)23)21-13-14-5-9-16(24-2)10-6-14/h5-13,18H,1-4H3/b21-13+/t18-,20+/m1/s1. The largest absolute Gasteiger partial charge is 0.497 e. The lowest BCUT2D eigenvalue weighted by Gasteiger charge is -2.50. The predicted octanol–water partition coefficient (Wildman–Crippen LogP) is 3.03. The van der Waals surface area contributed by atoms with E-state index in [-0.39, 0.29) is 11.9 Å². The van der Waals surface area contributed by atoms with Crippen LogP contribution < -0.4 is 9.47 Å². The molecule has 0 unspecified atom stereocenters. The number of β-lactam (4-membered cyclic amide) rings is 1. The molecule has 0 aliphatic carbocycles. The van der Waals surface area contributed by atoms with Gasteiger partial charge in [-0.1, -0.05) is 12.1 Å². The van der Waals surface area contributed by atoms with Crippen LogP contribution in [0.3, 0.4) is 0 Å². The predicted molar refractivity (Wildman–Crippen MR) is 98.6 cm³/mol. The highest BCUT2D eigenvalue weighted by atomic mass is 16.5. The zero-order chi connectivity index (χ0) is 18.7. The van der Waals surface area contributed by atoms with E-state index in [1.54, 1.807) is 34.5 Å². The Morgan fingerprint density at radius 1 is 0.962 bits per heavy atom. The van der Waals surface area contributed by atoms with Crippen LogP contribution in [-0.4, -0.2) is 44.1 Å². The van der Waals surface area contributed by atoms with Crippen molar-refractivity contribution < 1.29 is 19.0 Å². The number of hydrogen-bond acceptors (Lipinski definition) is 5. The number of rotatable bonds is 6. The smallest absolute Gasteiger partial charge is 0.277 e. The summed E-state index contributed by atoms with van der Waals surface area (Å²) in [4.78, 5) is 12.6. The zero-order valence-electron chi connectivity index (χ0n) is 15.3. The first-order valence-corrected chi connectivity index (χ1v) is 8.24. The van der Waals surface area contributed by atoms with E-state index >= 15 is 0 Å². The first kappa shape index (κ1) is 17.9. The molecule has 1 saturated heterocycles. The Bertz CT molecular complexity index is 802. The van der Waals surface area contributed by atoms with Gasteiger partial charge in [0.2, 0.25) is 0 Å². The fourth-order valence-electron chi connectivity index (χ4n) is 3.01. The third kappa shape index (κ3) is 3.04. The molecule has 1 aliphatic heterocycles. The van der Waals surface area contributed by atoms with Gasteiger partial charge in [-0.3, -0.25) is 4.79 Å². The summed E-state index contributed by atoms with van der Waals surface area (Å²) in [5.74, 6) is 1.35. The van der Waals surface area contributed by atoms with Gasteiger partial charge < -0.3 is 14.2 Å². The summed E-state index contributed by atoms with van der Waals surface area (Å²) in [7, 11) is 4.78. The number of ether oxygens (including phenoxy) is 3. The number of hydrogen-bond donors (Lipinski definition) is 0. The van der Waals surface area contributed by atoms with Gasteiger partial charge in [-0.15, -0.1) is 0 Å². The van der Waals surface area contributed by atoms with Crippen LogP contribution in [0.25, 0.3) is 0 Å². The number of methoxy groups -OCH3 is 3. The van der Waals surface area contributed by atoms with Crippen molar-refractivity contribution in [1.29, 1.82) is 0 Å². The molecule has 0 aromatic heterocycles. The van der Waals surface area contributed by atoms with E-state index in [4.69, 9.17) is 14.2 Å². The fraction of sp³-hybridized carbons (Fsp3) is 0.300. The third-order valence-corrected chi connectivity index (χ3v) is 4.70. The minimum atomic E-state index is -0.939. The molecule has 26 heavy (non-hydrogen) atoms. The molecule has 2 atom stereocenters. The van der Waals surface area contributed by atoms with Crippen molar-refractivity contribution in [2.24, 2.45) is 5.10 Å². The second kappa shape index (κ2) is 7.17. The van der Waals surface area contributed by atoms with Crippen LogP contribution in [0.15, 0.2) is 53.6 Å². The average Bonchev–Trinajstić information content (AvgIpc) is 2.70. The van der Waals surface area contributed by atoms with Crippen LogP contribution >= 0.6 is 0 Å². The van der Waals surface area contributed by atoms with Crippen molar-refractivity contribution in [3.63, 3.8) is 0 Å². The number of amides is 1. The van der Waals surface area contributed by atoms with Gasteiger partial charge in [-0.2, -0.15) is 5.10 Å². The van der Waals surface area contributed by atoms with Gasteiger partial charge >= 0.3 is 0 Å². The first-order chi connectivity index (χ1) is 12.5. The molecular weight excluding hydrogens is 332 g/mol. The van der Waals surface area contributed by atoms with E-state index in [0.717, 1.165) is 22.6 Å². The SMILES string of the molecule is COc1ccc(/C=N/N2C(=O)[C@@](C)(OC)[C@H]2c2ccc(OC)cc2)cc1. The number of nitrogens with zero attached hydrogens (tertiary/aromatic N) is 2. The van der Waals surface area contributed by atoms with E-state index in [9.17, 15) is 4.79 Å². The monoisotopic (exact) mass is 354 g/mol.